The second kappa shape index (κ2) is 5.87. The van der Waals surface area contributed by atoms with Crippen molar-refractivity contribution in [2.45, 2.75) is 26.7 Å². The molecule has 0 radical (unpaired) electrons. The normalized spacial score (nSPS) is 11.5. The molecule has 1 aromatic rings. The summed E-state index contributed by atoms with van der Waals surface area (Å²) in [6.07, 6.45) is 2.75. The van der Waals surface area contributed by atoms with Crippen LogP contribution >= 0.6 is 0 Å². The van der Waals surface area contributed by atoms with E-state index in [0.717, 1.165) is 5.76 Å². The van der Waals surface area contributed by atoms with Gasteiger partial charge in [0.05, 0.1) is 6.26 Å². The van der Waals surface area contributed by atoms with Gasteiger partial charge in [0.15, 0.2) is 0 Å². The van der Waals surface area contributed by atoms with Crippen LogP contribution in [0.4, 0.5) is 0 Å². The van der Waals surface area contributed by atoms with E-state index >= 15 is 0 Å². The van der Waals surface area contributed by atoms with E-state index in [0.29, 0.717) is 25.9 Å². The van der Waals surface area contributed by atoms with Gasteiger partial charge in [-0.3, -0.25) is 4.79 Å². The fourth-order valence-corrected chi connectivity index (χ4v) is 1.67. The summed E-state index contributed by atoms with van der Waals surface area (Å²) in [4.78, 5) is 13.6. The molecule has 17 heavy (non-hydrogen) atoms. The Morgan fingerprint density at radius 3 is 2.76 bits per heavy atom. The second-order valence-electron chi connectivity index (χ2n) is 5.20. The summed E-state index contributed by atoms with van der Waals surface area (Å²) in [5, 5.41) is 0. The number of furan rings is 1. The number of hydrogen-bond acceptors (Lipinski definition) is 3. The molecule has 0 unspecified atom stereocenters. The van der Waals surface area contributed by atoms with E-state index in [1.807, 2.05) is 19.2 Å². The molecule has 1 aromatic heterocycles. The highest BCUT2D eigenvalue weighted by atomic mass is 16.3. The Bertz CT molecular complexity index is 344. The summed E-state index contributed by atoms with van der Waals surface area (Å²) < 4.78 is 5.19. The highest BCUT2D eigenvalue weighted by Gasteiger charge is 2.20. The van der Waals surface area contributed by atoms with Gasteiger partial charge in [0, 0.05) is 26.4 Å². The molecule has 1 heterocycles. The van der Waals surface area contributed by atoms with Crippen LogP contribution in [0.15, 0.2) is 22.8 Å². The van der Waals surface area contributed by atoms with Crippen LogP contribution in [-0.2, 0) is 11.2 Å². The van der Waals surface area contributed by atoms with Gasteiger partial charge in [-0.05, 0) is 24.1 Å². The largest absolute Gasteiger partial charge is 0.469 e. The van der Waals surface area contributed by atoms with Gasteiger partial charge in [0.25, 0.3) is 0 Å². The molecule has 0 aliphatic heterocycles. The van der Waals surface area contributed by atoms with Crippen molar-refractivity contribution in [3.05, 3.63) is 24.2 Å². The lowest BCUT2D eigenvalue weighted by Crippen LogP contribution is -2.39. The van der Waals surface area contributed by atoms with Gasteiger partial charge in [-0.1, -0.05) is 13.8 Å². The van der Waals surface area contributed by atoms with Crippen molar-refractivity contribution in [2.24, 2.45) is 11.1 Å². The fraction of sp³-hybridized carbons (Fsp3) is 0.615. The average Bonchev–Trinajstić information content (AvgIpc) is 2.78. The van der Waals surface area contributed by atoms with Crippen LogP contribution in [0.2, 0.25) is 0 Å². The molecule has 4 heteroatoms. The summed E-state index contributed by atoms with van der Waals surface area (Å²) in [5.41, 5.74) is 5.62. The monoisotopic (exact) mass is 238 g/mol. The van der Waals surface area contributed by atoms with Crippen LogP contribution in [-0.4, -0.2) is 30.9 Å². The Kier molecular flexibility index (Phi) is 4.75. The number of aryl methyl sites for hydroxylation is 1. The molecular formula is C13H22N2O2. The van der Waals surface area contributed by atoms with Crippen LogP contribution in [0, 0.1) is 5.41 Å². The zero-order valence-electron chi connectivity index (χ0n) is 10.9. The third-order valence-corrected chi connectivity index (χ3v) is 2.81. The Morgan fingerprint density at radius 2 is 2.24 bits per heavy atom. The number of nitrogens with zero attached hydrogens (tertiary/aromatic N) is 1. The van der Waals surface area contributed by atoms with Crippen LogP contribution in [0.1, 0.15) is 26.0 Å². The predicted octanol–water partition coefficient (Wildman–Crippen LogP) is 1.66. The molecule has 0 fully saturated rings. The van der Waals surface area contributed by atoms with Gasteiger partial charge >= 0.3 is 0 Å². The molecule has 96 valence electrons. The summed E-state index contributed by atoms with van der Waals surface area (Å²) in [6, 6.07) is 3.72. The molecule has 0 bridgehead atoms. The van der Waals surface area contributed by atoms with Crippen molar-refractivity contribution in [1.29, 1.82) is 0 Å². The molecule has 1 amide bonds. The lowest BCUT2D eigenvalue weighted by Gasteiger charge is -2.29. The van der Waals surface area contributed by atoms with Crippen molar-refractivity contribution >= 4 is 5.91 Å². The van der Waals surface area contributed by atoms with Gasteiger partial charge < -0.3 is 15.1 Å². The molecule has 0 aliphatic rings. The van der Waals surface area contributed by atoms with Crippen molar-refractivity contribution in [2.75, 3.05) is 20.1 Å². The van der Waals surface area contributed by atoms with Gasteiger partial charge in [0.1, 0.15) is 5.76 Å². The first-order valence-electron chi connectivity index (χ1n) is 5.91. The summed E-state index contributed by atoms with van der Waals surface area (Å²) in [7, 11) is 1.82. The predicted molar refractivity (Wildman–Crippen MR) is 67.5 cm³/mol. The quantitative estimate of drug-likeness (QED) is 0.820. The van der Waals surface area contributed by atoms with Gasteiger partial charge in [-0.2, -0.15) is 0 Å². The molecule has 0 saturated carbocycles. The topological polar surface area (TPSA) is 59.5 Å². The van der Waals surface area contributed by atoms with Crippen molar-refractivity contribution in [1.82, 2.24) is 4.90 Å². The maximum Gasteiger partial charge on any atom is 0.222 e. The van der Waals surface area contributed by atoms with Gasteiger partial charge in [-0.15, -0.1) is 0 Å². The van der Waals surface area contributed by atoms with E-state index in [1.54, 1.807) is 11.2 Å². The minimum absolute atomic E-state index is 0.0326. The minimum Gasteiger partial charge on any atom is -0.469 e. The number of hydrogen-bond donors (Lipinski definition) is 1. The Labute approximate surface area is 103 Å². The first-order chi connectivity index (χ1) is 7.94. The zero-order valence-corrected chi connectivity index (χ0v) is 10.9. The van der Waals surface area contributed by atoms with Crippen LogP contribution in [0.5, 0.6) is 0 Å². The number of carbonyl (C=O) groups is 1. The van der Waals surface area contributed by atoms with E-state index in [-0.39, 0.29) is 11.3 Å². The molecule has 0 aromatic carbocycles. The molecule has 1 rings (SSSR count). The third kappa shape index (κ3) is 4.61. The average molecular weight is 238 g/mol. The number of amides is 1. The SMILES string of the molecule is CN(CC(C)(C)CN)C(=O)CCc1ccco1. The van der Waals surface area contributed by atoms with Crippen LogP contribution < -0.4 is 5.73 Å². The zero-order chi connectivity index (χ0) is 12.9. The Hall–Kier alpha value is -1.29. The van der Waals surface area contributed by atoms with E-state index < -0.39 is 0 Å². The van der Waals surface area contributed by atoms with Gasteiger partial charge in [0.2, 0.25) is 5.91 Å². The first kappa shape index (κ1) is 13.8. The Balaban J connectivity index is 2.37. The lowest BCUT2D eigenvalue weighted by molar-refractivity contribution is -0.131. The first-order valence-corrected chi connectivity index (χ1v) is 5.91. The van der Waals surface area contributed by atoms with Crippen molar-refractivity contribution < 1.29 is 9.21 Å². The standard InChI is InChI=1S/C13H22N2O2/c1-13(2,9-14)10-15(3)12(16)7-6-11-5-4-8-17-11/h4-5,8H,6-7,9-10,14H2,1-3H3. The smallest absolute Gasteiger partial charge is 0.222 e. The number of rotatable bonds is 6. The summed E-state index contributed by atoms with van der Waals surface area (Å²) in [6.45, 7) is 5.37. The third-order valence-electron chi connectivity index (χ3n) is 2.81. The molecule has 0 saturated heterocycles. The molecule has 4 nitrogen and oxygen atoms in total. The number of nitrogens with two attached hydrogens (primary N) is 1. The summed E-state index contributed by atoms with van der Waals surface area (Å²) >= 11 is 0. The molecule has 2 N–H and O–H groups in total. The molecule has 0 aliphatic carbocycles. The number of carbonyl (C=O) groups excluding carboxylic acids is 1. The van der Waals surface area contributed by atoms with E-state index in [1.165, 1.54) is 0 Å². The molecular weight excluding hydrogens is 216 g/mol. The summed E-state index contributed by atoms with van der Waals surface area (Å²) in [5.74, 6) is 0.979. The van der Waals surface area contributed by atoms with Crippen molar-refractivity contribution in [3.63, 3.8) is 0 Å². The highest BCUT2D eigenvalue weighted by Crippen LogP contribution is 2.15. The fourth-order valence-electron chi connectivity index (χ4n) is 1.67. The maximum atomic E-state index is 11.9. The van der Waals surface area contributed by atoms with Crippen LogP contribution in [0.25, 0.3) is 0 Å². The Morgan fingerprint density at radius 1 is 1.53 bits per heavy atom. The minimum atomic E-state index is -0.0326. The maximum absolute atomic E-state index is 11.9. The molecule has 0 atom stereocenters. The van der Waals surface area contributed by atoms with E-state index in [9.17, 15) is 4.79 Å². The second-order valence-corrected chi connectivity index (χ2v) is 5.20. The van der Waals surface area contributed by atoms with E-state index in [4.69, 9.17) is 10.2 Å². The highest BCUT2D eigenvalue weighted by molar-refractivity contribution is 5.76. The molecule has 0 spiro atoms. The van der Waals surface area contributed by atoms with Crippen LogP contribution in [0.3, 0.4) is 0 Å². The lowest BCUT2D eigenvalue weighted by atomic mass is 9.93. The van der Waals surface area contributed by atoms with E-state index in [2.05, 4.69) is 13.8 Å². The van der Waals surface area contributed by atoms with Crippen molar-refractivity contribution in [3.8, 4) is 0 Å². The van der Waals surface area contributed by atoms with Gasteiger partial charge in [-0.25, -0.2) is 0 Å².